The number of hydrogen-bond acceptors (Lipinski definition) is 4. The number of carbonyl (C=O) groups excluding carboxylic acids is 2. The van der Waals surface area contributed by atoms with Crippen LogP contribution in [-0.2, 0) is 18.3 Å². The third-order valence-electron chi connectivity index (χ3n) is 3.36. The molecule has 0 N–H and O–H groups in total. The lowest BCUT2D eigenvalue weighted by Gasteiger charge is -2.12. The zero-order chi connectivity index (χ0) is 15.1. The van der Waals surface area contributed by atoms with Gasteiger partial charge in [0.15, 0.2) is 5.82 Å². The summed E-state index contributed by atoms with van der Waals surface area (Å²) in [5, 5.41) is 4.28. The number of benzene rings is 1. The van der Waals surface area contributed by atoms with Crippen molar-refractivity contribution in [3.63, 3.8) is 0 Å². The molecule has 0 unspecified atom stereocenters. The zero-order valence-electron chi connectivity index (χ0n) is 11.5. The van der Waals surface area contributed by atoms with Gasteiger partial charge in [0, 0.05) is 18.8 Å². The number of amides is 1. The summed E-state index contributed by atoms with van der Waals surface area (Å²) in [5.41, 5.74) is 1.74. The quantitative estimate of drug-likeness (QED) is 0.779. The van der Waals surface area contributed by atoms with E-state index in [4.69, 9.17) is 0 Å². The van der Waals surface area contributed by atoms with Crippen LogP contribution in [0.3, 0.4) is 0 Å². The van der Waals surface area contributed by atoms with Gasteiger partial charge in [-0.25, -0.2) is 4.79 Å². The maximum absolute atomic E-state index is 12.5. The van der Waals surface area contributed by atoms with Crippen LogP contribution in [0.2, 0.25) is 0 Å². The molecule has 21 heavy (non-hydrogen) atoms. The van der Waals surface area contributed by atoms with Crippen LogP contribution in [0.25, 0.3) is 0 Å². The molecule has 0 fully saturated rings. The molecule has 7 heteroatoms. The maximum Gasteiger partial charge on any atom is 0.337 e. The number of ether oxygens (including phenoxy) is 1. The minimum Gasteiger partial charge on any atom is -0.465 e. The number of fused-ring (bicyclic) bond motifs is 1. The van der Waals surface area contributed by atoms with E-state index in [0.717, 1.165) is 10.0 Å². The highest BCUT2D eigenvalue weighted by molar-refractivity contribution is 9.10. The molecule has 2 heterocycles. The Morgan fingerprint density at radius 3 is 2.81 bits per heavy atom. The number of hydrogen-bond donors (Lipinski definition) is 0. The molecule has 0 atom stereocenters. The fourth-order valence-electron chi connectivity index (χ4n) is 2.35. The Kier molecular flexibility index (Phi) is 3.29. The Balaban J connectivity index is 1.99. The molecule has 1 amide bonds. The van der Waals surface area contributed by atoms with Crippen molar-refractivity contribution < 1.29 is 14.3 Å². The van der Waals surface area contributed by atoms with Gasteiger partial charge in [0.05, 0.1) is 23.7 Å². The van der Waals surface area contributed by atoms with Crippen LogP contribution in [0.15, 0.2) is 28.9 Å². The SMILES string of the molecule is COC(=O)c1ccc2c(c1)C(=O)N(c1nn(C)cc1Br)C2. The molecule has 0 bridgehead atoms. The van der Waals surface area contributed by atoms with E-state index in [0.29, 0.717) is 23.5 Å². The van der Waals surface area contributed by atoms with Gasteiger partial charge in [-0.2, -0.15) is 5.10 Å². The first-order valence-corrected chi connectivity index (χ1v) is 7.03. The largest absolute Gasteiger partial charge is 0.465 e. The van der Waals surface area contributed by atoms with Gasteiger partial charge >= 0.3 is 5.97 Å². The van der Waals surface area contributed by atoms with Crippen LogP contribution >= 0.6 is 15.9 Å². The summed E-state index contributed by atoms with van der Waals surface area (Å²) in [5.74, 6) is -0.0588. The summed E-state index contributed by atoms with van der Waals surface area (Å²) < 4.78 is 7.06. The monoisotopic (exact) mass is 349 g/mol. The van der Waals surface area contributed by atoms with Gasteiger partial charge in [-0.3, -0.25) is 14.4 Å². The van der Waals surface area contributed by atoms with Crippen molar-refractivity contribution in [2.24, 2.45) is 7.05 Å². The normalized spacial score (nSPS) is 13.5. The number of aryl methyl sites for hydroxylation is 1. The highest BCUT2D eigenvalue weighted by atomic mass is 79.9. The third-order valence-corrected chi connectivity index (χ3v) is 3.92. The number of esters is 1. The van der Waals surface area contributed by atoms with Gasteiger partial charge in [0.1, 0.15) is 0 Å². The van der Waals surface area contributed by atoms with Crippen LogP contribution < -0.4 is 4.90 Å². The highest BCUT2D eigenvalue weighted by Crippen LogP contribution is 2.32. The second-order valence-electron chi connectivity index (χ2n) is 4.73. The number of methoxy groups -OCH3 is 1. The van der Waals surface area contributed by atoms with Gasteiger partial charge in [-0.05, 0) is 33.6 Å². The Labute approximate surface area is 129 Å². The number of nitrogens with zero attached hydrogens (tertiary/aromatic N) is 3. The predicted octanol–water partition coefficient (Wildman–Crippen LogP) is 2.13. The van der Waals surface area contributed by atoms with E-state index >= 15 is 0 Å². The molecule has 108 valence electrons. The number of halogens is 1. The van der Waals surface area contributed by atoms with Crippen molar-refractivity contribution in [2.75, 3.05) is 12.0 Å². The van der Waals surface area contributed by atoms with Crippen LogP contribution in [0.5, 0.6) is 0 Å². The number of aromatic nitrogens is 2. The van der Waals surface area contributed by atoms with Crippen LogP contribution in [0.1, 0.15) is 26.3 Å². The van der Waals surface area contributed by atoms with E-state index in [2.05, 4.69) is 25.8 Å². The molecule has 3 rings (SSSR count). The average Bonchev–Trinajstić information content (AvgIpc) is 2.97. The molecule has 2 aromatic rings. The topological polar surface area (TPSA) is 64.4 Å². The smallest absolute Gasteiger partial charge is 0.337 e. The summed E-state index contributed by atoms with van der Waals surface area (Å²) in [7, 11) is 3.10. The summed E-state index contributed by atoms with van der Waals surface area (Å²) in [4.78, 5) is 25.7. The molecule has 6 nitrogen and oxygen atoms in total. The van der Waals surface area contributed by atoms with Crippen LogP contribution in [0, 0.1) is 0 Å². The standard InChI is InChI=1S/C14H12BrN3O3/c1-17-7-11(15)12(16-17)18-6-9-4-3-8(14(20)21-2)5-10(9)13(18)19/h3-5,7H,6H2,1-2H3. The fourth-order valence-corrected chi connectivity index (χ4v) is 2.94. The molecule has 1 aliphatic heterocycles. The van der Waals surface area contributed by atoms with E-state index in [1.54, 1.807) is 41.0 Å². The predicted molar refractivity (Wildman–Crippen MR) is 79.2 cm³/mol. The lowest BCUT2D eigenvalue weighted by molar-refractivity contribution is 0.0600. The molecule has 1 aromatic heterocycles. The van der Waals surface area contributed by atoms with Gasteiger partial charge in [0.2, 0.25) is 0 Å². The maximum atomic E-state index is 12.5. The van der Waals surface area contributed by atoms with Crippen LogP contribution in [0.4, 0.5) is 5.82 Å². The second-order valence-corrected chi connectivity index (χ2v) is 5.58. The van der Waals surface area contributed by atoms with Crippen molar-refractivity contribution in [1.29, 1.82) is 0 Å². The molecule has 0 aliphatic carbocycles. The Hall–Kier alpha value is -2.15. The summed E-state index contributed by atoms with van der Waals surface area (Å²) in [6.45, 7) is 0.436. The van der Waals surface area contributed by atoms with E-state index in [9.17, 15) is 9.59 Å². The molecule has 1 aromatic carbocycles. The van der Waals surface area contributed by atoms with E-state index in [1.807, 2.05) is 0 Å². The van der Waals surface area contributed by atoms with Gasteiger partial charge in [-0.15, -0.1) is 0 Å². The fraction of sp³-hybridized carbons (Fsp3) is 0.214. The van der Waals surface area contributed by atoms with Gasteiger partial charge in [0.25, 0.3) is 5.91 Å². The van der Waals surface area contributed by atoms with Crippen LogP contribution in [-0.4, -0.2) is 28.8 Å². The van der Waals surface area contributed by atoms with E-state index in [1.165, 1.54) is 7.11 Å². The minimum absolute atomic E-state index is 0.171. The lowest BCUT2D eigenvalue weighted by atomic mass is 10.1. The Morgan fingerprint density at radius 1 is 1.43 bits per heavy atom. The number of rotatable bonds is 2. The molecule has 0 radical (unpaired) electrons. The first kappa shape index (κ1) is 13.8. The summed E-state index contributed by atoms with van der Waals surface area (Å²) in [6.07, 6.45) is 1.78. The lowest BCUT2D eigenvalue weighted by Crippen LogP contribution is -2.24. The Morgan fingerprint density at radius 2 is 2.19 bits per heavy atom. The average molecular weight is 350 g/mol. The number of anilines is 1. The van der Waals surface area contributed by atoms with Crippen molar-refractivity contribution in [2.45, 2.75) is 6.54 Å². The first-order valence-electron chi connectivity index (χ1n) is 6.23. The zero-order valence-corrected chi connectivity index (χ0v) is 13.0. The molecule has 0 saturated heterocycles. The van der Waals surface area contributed by atoms with Crippen molar-refractivity contribution in [3.05, 3.63) is 45.6 Å². The minimum atomic E-state index is -0.455. The Bertz CT molecular complexity index is 754. The third kappa shape index (κ3) is 2.23. The van der Waals surface area contributed by atoms with E-state index < -0.39 is 5.97 Å². The molecule has 0 spiro atoms. The summed E-state index contributed by atoms with van der Waals surface area (Å²) >= 11 is 3.40. The molecule has 0 saturated carbocycles. The summed E-state index contributed by atoms with van der Waals surface area (Å²) in [6, 6.07) is 5.01. The highest BCUT2D eigenvalue weighted by Gasteiger charge is 2.32. The molecular formula is C14H12BrN3O3. The second kappa shape index (κ2) is 5.00. The van der Waals surface area contributed by atoms with Crippen molar-refractivity contribution in [3.8, 4) is 0 Å². The van der Waals surface area contributed by atoms with Gasteiger partial charge in [-0.1, -0.05) is 6.07 Å². The van der Waals surface area contributed by atoms with E-state index in [-0.39, 0.29) is 5.91 Å². The van der Waals surface area contributed by atoms with Gasteiger partial charge < -0.3 is 4.74 Å². The van der Waals surface area contributed by atoms with Crippen molar-refractivity contribution in [1.82, 2.24) is 9.78 Å². The number of carbonyl (C=O) groups is 2. The first-order chi connectivity index (χ1) is 10.0. The molecule has 1 aliphatic rings. The molecular weight excluding hydrogens is 338 g/mol. The van der Waals surface area contributed by atoms with Crippen molar-refractivity contribution >= 4 is 33.6 Å².